The Morgan fingerprint density at radius 2 is 2.38 bits per heavy atom. The lowest BCUT2D eigenvalue weighted by atomic mass is 10.3. The molecule has 0 aliphatic carbocycles. The third-order valence-corrected chi connectivity index (χ3v) is 0.756. The Hall–Kier alpha value is -0.570. The molecule has 0 bridgehead atoms. The van der Waals surface area contributed by atoms with E-state index in [1.165, 1.54) is 6.92 Å². The molecule has 0 aromatic carbocycles. The molecule has 8 heavy (non-hydrogen) atoms. The number of amidine groups is 1. The van der Waals surface area contributed by atoms with Crippen molar-refractivity contribution in [1.29, 1.82) is 0 Å². The number of rotatable bonds is 2. The van der Waals surface area contributed by atoms with E-state index in [0.29, 0.717) is 0 Å². The fourth-order valence-electron chi connectivity index (χ4n) is 0.285. The first-order valence-electron chi connectivity index (χ1n) is 2.09. The lowest BCUT2D eigenvalue weighted by Gasteiger charge is -1.88. The monoisotopic (exact) mass is 134 g/mol. The van der Waals surface area contributed by atoms with Crippen molar-refractivity contribution in [1.82, 2.24) is 0 Å². The number of carbonyl (C=O) groups is 1. The number of hydrogen-bond donors (Lipinski definition) is 1. The highest BCUT2D eigenvalue weighted by atomic mass is 35.5. The minimum absolute atomic E-state index is 0.0353. The van der Waals surface area contributed by atoms with Gasteiger partial charge in [0.1, 0.15) is 11.6 Å². The van der Waals surface area contributed by atoms with Crippen molar-refractivity contribution in [2.24, 2.45) is 10.2 Å². The van der Waals surface area contributed by atoms with Gasteiger partial charge in [-0.1, -0.05) is 0 Å². The molecule has 3 nitrogen and oxygen atoms in total. The number of nitrogens with two attached hydrogens (primary N) is 1. The minimum atomic E-state index is -0.0353. The molecule has 0 rings (SSSR count). The molecule has 0 aliphatic heterocycles. The van der Waals surface area contributed by atoms with E-state index >= 15 is 0 Å². The molecule has 0 aromatic heterocycles. The van der Waals surface area contributed by atoms with Gasteiger partial charge in [-0.25, -0.2) is 0 Å². The number of nitrogens with zero attached hydrogens (tertiary/aromatic N) is 1. The van der Waals surface area contributed by atoms with Gasteiger partial charge in [-0.2, -0.15) is 4.51 Å². The predicted octanol–water partition coefficient (Wildman–Crippen LogP) is 0.477. The Bertz CT molecular complexity index is 121. The standard InChI is InChI=1S/C4H7ClN2O/c1-3(8)2-4(6)7-5/h2H2,1H3,(H2,6,7). The van der Waals surface area contributed by atoms with Crippen LogP contribution >= 0.6 is 11.8 Å². The van der Waals surface area contributed by atoms with Gasteiger partial charge < -0.3 is 5.73 Å². The quantitative estimate of drug-likeness (QED) is 0.441. The van der Waals surface area contributed by atoms with Crippen molar-refractivity contribution in [2.75, 3.05) is 0 Å². The van der Waals surface area contributed by atoms with Crippen LogP contribution in [0.4, 0.5) is 0 Å². The van der Waals surface area contributed by atoms with Crippen molar-refractivity contribution >= 4 is 23.4 Å². The van der Waals surface area contributed by atoms with E-state index in [0.717, 1.165) is 0 Å². The summed E-state index contributed by atoms with van der Waals surface area (Å²) in [5.74, 6) is 0.131. The summed E-state index contributed by atoms with van der Waals surface area (Å²) in [6.07, 6.45) is 0.142. The Kier molecular flexibility index (Phi) is 3.19. The summed E-state index contributed by atoms with van der Waals surface area (Å²) in [6, 6.07) is 0. The first kappa shape index (κ1) is 7.43. The third kappa shape index (κ3) is 3.61. The average Bonchev–Trinajstić information content (AvgIpc) is 1.65. The summed E-state index contributed by atoms with van der Waals surface area (Å²) in [4.78, 5) is 10.2. The lowest BCUT2D eigenvalue weighted by Crippen LogP contribution is -2.13. The first-order valence-corrected chi connectivity index (χ1v) is 2.43. The molecule has 0 atom stereocenters. The van der Waals surface area contributed by atoms with Crippen molar-refractivity contribution in [2.45, 2.75) is 13.3 Å². The van der Waals surface area contributed by atoms with Crippen LogP contribution in [0.15, 0.2) is 4.51 Å². The van der Waals surface area contributed by atoms with Crippen LogP contribution in [0.1, 0.15) is 13.3 Å². The van der Waals surface area contributed by atoms with Gasteiger partial charge in [0, 0.05) is 11.8 Å². The lowest BCUT2D eigenvalue weighted by molar-refractivity contribution is -0.115. The first-order chi connectivity index (χ1) is 3.66. The fourth-order valence-corrected chi connectivity index (χ4v) is 0.345. The molecule has 0 amide bonds. The van der Waals surface area contributed by atoms with Crippen LogP contribution in [0.3, 0.4) is 0 Å². The summed E-state index contributed by atoms with van der Waals surface area (Å²) in [7, 11) is 0. The molecule has 0 aromatic rings. The van der Waals surface area contributed by atoms with Crippen LogP contribution in [0.5, 0.6) is 0 Å². The molecule has 0 saturated heterocycles. The van der Waals surface area contributed by atoms with E-state index in [4.69, 9.17) is 17.5 Å². The van der Waals surface area contributed by atoms with E-state index in [1.54, 1.807) is 0 Å². The molecule has 2 N–H and O–H groups in total. The van der Waals surface area contributed by atoms with Gasteiger partial charge >= 0.3 is 0 Å². The van der Waals surface area contributed by atoms with E-state index in [1.807, 2.05) is 0 Å². The van der Waals surface area contributed by atoms with Crippen molar-refractivity contribution in [3.8, 4) is 0 Å². The third-order valence-electron chi connectivity index (χ3n) is 0.539. The molecule has 46 valence electrons. The second-order valence-corrected chi connectivity index (χ2v) is 1.62. The number of Topliss-reactive ketones (excluding diaryl/α,β-unsaturated/α-hetero) is 1. The number of ketones is 1. The average molecular weight is 135 g/mol. The summed E-state index contributed by atoms with van der Waals surface area (Å²) in [5.41, 5.74) is 5.07. The zero-order chi connectivity index (χ0) is 6.57. The molecule has 0 spiro atoms. The molecule has 0 heterocycles. The van der Waals surface area contributed by atoms with E-state index < -0.39 is 0 Å². The van der Waals surface area contributed by atoms with Gasteiger partial charge in [-0.3, -0.25) is 4.79 Å². The van der Waals surface area contributed by atoms with Crippen LogP contribution < -0.4 is 5.73 Å². The topological polar surface area (TPSA) is 55.5 Å². The highest BCUT2D eigenvalue weighted by molar-refractivity contribution is 6.21. The van der Waals surface area contributed by atoms with E-state index in [9.17, 15) is 4.79 Å². The highest BCUT2D eigenvalue weighted by Crippen LogP contribution is 1.84. The van der Waals surface area contributed by atoms with Crippen LogP contribution in [-0.2, 0) is 4.79 Å². The van der Waals surface area contributed by atoms with Crippen LogP contribution in [0, 0.1) is 0 Å². The van der Waals surface area contributed by atoms with Gasteiger partial charge in [-0.15, -0.1) is 0 Å². The Morgan fingerprint density at radius 1 is 1.88 bits per heavy atom. The zero-order valence-corrected chi connectivity index (χ0v) is 5.27. The number of hydrogen-bond acceptors (Lipinski definition) is 2. The molecule has 0 unspecified atom stereocenters. The van der Waals surface area contributed by atoms with Crippen molar-refractivity contribution < 1.29 is 4.79 Å². The Balaban J connectivity index is 3.56. The second-order valence-electron chi connectivity index (χ2n) is 1.45. The van der Waals surface area contributed by atoms with E-state index in [-0.39, 0.29) is 18.0 Å². The molecular formula is C4H7ClN2O. The maximum absolute atomic E-state index is 10.2. The Labute approximate surface area is 52.6 Å². The maximum Gasteiger partial charge on any atom is 0.137 e. The zero-order valence-electron chi connectivity index (χ0n) is 4.52. The van der Waals surface area contributed by atoms with Crippen LogP contribution in [0.2, 0.25) is 0 Å². The van der Waals surface area contributed by atoms with Gasteiger partial charge in [0.25, 0.3) is 0 Å². The van der Waals surface area contributed by atoms with Crippen LogP contribution in [0.25, 0.3) is 0 Å². The number of halogens is 1. The smallest absolute Gasteiger partial charge is 0.137 e. The molecule has 0 radical (unpaired) electrons. The van der Waals surface area contributed by atoms with E-state index in [2.05, 4.69) is 4.51 Å². The summed E-state index contributed by atoms with van der Waals surface area (Å²) in [6.45, 7) is 1.43. The minimum Gasteiger partial charge on any atom is -0.386 e. The highest BCUT2D eigenvalue weighted by Gasteiger charge is 1.94. The number of carbonyl (C=O) groups excluding carboxylic acids is 1. The second kappa shape index (κ2) is 3.43. The fraction of sp³-hybridized carbons (Fsp3) is 0.500. The van der Waals surface area contributed by atoms with Crippen molar-refractivity contribution in [3.05, 3.63) is 0 Å². The SMILES string of the molecule is CC(=O)CC(N)=NCl. The Morgan fingerprint density at radius 3 is 2.50 bits per heavy atom. The molecular weight excluding hydrogens is 128 g/mol. The molecule has 0 fully saturated rings. The summed E-state index contributed by atoms with van der Waals surface area (Å²) in [5, 5.41) is 0. The normalized spacial score (nSPS) is 11.5. The summed E-state index contributed by atoms with van der Waals surface area (Å²) < 4.78 is 3.07. The maximum atomic E-state index is 10.2. The van der Waals surface area contributed by atoms with Gasteiger partial charge in [-0.05, 0) is 6.92 Å². The largest absolute Gasteiger partial charge is 0.386 e. The molecule has 0 aliphatic rings. The van der Waals surface area contributed by atoms with Gasteiger partial charge in [0.05, 0.1) is 6.42 Å². The summed E-state index contributed by atoms with van der Waals surface area (Å²) >= 11 is 4.91. The van der Waals surface area contributed by atoms with Crippen LogP contribution in [-0.4, -0.2) is 11.6 Å². The van der Waals surface area contributed by atoms with Gasteiger partial charge in [0.15, 0.2) is 0 Å². The predicted molar refractivity (Wildman–Crippen MR) is 32.8 cm³/mol. The van der Waals surface area contributed by atoms with Gasteiger partial charge in [0.2, 0.25) is 0 Å². The molecule has 0 saturated carbocycles. The van der Waals surface area contributed by atoms with Crippen molar-refractivity contribution in [3.63, 3.8) is 0 Å². The molecule has 4 heteroatoms.